The van der Waals surface area contributed by atoms with Gasteiger partial charge in [0.25, 0.3) is 0 Å². The molecular formula is C28H32NO2-. The summed E-state index contributed by atoms with van der Waals surface area (Å²) in [5, 5.41) is 10.4. The van der Waals surface area contributed by atoms with Crippen molar-refractivity contribution in [3.05, 3.63) is 78.0 Å². The van der Waals surface area contributed by atoms with Crippen molar-refractivity contribution in [1.82, 2.24) is 4.98 Å². The van der Waals surface area contributed by atoms with Crippen LogP contribution >= 0.6 is 0 Å². The number of aryl methyl sites for hydroxylation is 2. The summed E-state index contributed by atoms with van der Waals surface area (Å²) in [4.78, 5) is 15.1. The average Bonchev–Trinajstić information content (AvgIpc) is 2.80. The first-order valence-corrected chi connectivity index (χ1v) is 11.5. The molecule has 0 aliphatic carbocycles. The van der Waals surface area contributed by atoms with Crippen LogP contribution in [0.5, 0.6) is 0 Å². The van der Waals surface area contributed by atoms with Crippen molar-refractivity contribution in [3.63, 3.8) is 0 Å². The van der Waals surface area contributed by atoms with Crippen molar-refractivity contribution in [3.8, 4) is 22.4 Å². The number of aliphatic carboxylic acids is 1. The minimum atomic E-state index is -0.953. The summed E-state index contributed by atoms with van der Waals surface area (Å²) in [6.07, 6.45) is 10.6. The van der Waals surface area contributed by atoms with Gasteiger partial charge in [-0.3, -0.25) is 4.98 Å². The van der Waals surface area contributed by atoms with E-state index in [1.165, 1.54) is 41.5 Å². The maximum atomic E-state index is 10.4. The number of nitrogens with zero attached hydrogens (tertiary/aromatic N) is 1. The third kappa shape index (κ3) is 7.36. The summed E-state index contributed by atoms with van der Waals surface area (Å²) in [7, 11) is 0. The largest absolute Gasteiger partial charge is 0.550 e. The lowest BCUT2D eigenvalue weighted by Crippen LogP contribution is -2.21. The van der Waals surface area contributed by atoms with Crippen LogP contribution < -0.4 is 5.11 Å². The Kier molecular flexibility index (Phi) is 8.84. The Hall–Kier alpha value is -2.94. The molecule has 3 rings (SSSR count). The Bertz CT molecular complexity index is 928. The molecule has 31 heavy (non-hydrogen) atoms. The molecule has 0 radical (unpaired) electrons. The van der Waals surface area contributed by atoms with E-state index in [1.54, 1.807) is 0 Å². The average molecular weight is 415 g/mol. The van der Waals surface area contributed by atoms with Gasteiger partial charge >= 0.3 is 0 Å². The SMILES string of the molecule is CCCCCc1ccc(-c2ccc(-c3ccc(CCCCCC(=O)[O-])cc3)cc2)nc1. The quantitative estimate of drug-likeness (QED) is 0.342. The number of unbranched alkanes of at least 4 members (excludes halogenated alkanes) is 4. The minimum absolute atomic E-state index is 0.160. The Morgan fingerprint density at radius 3 is 1.90 bits per heavy atom. The van der Waals surface area contributed by atoms with Gasteiger partial charge in [-0.2, -0.15) is 0 Å². The molecule has 3 heteroatoms. The van der Waals surface area contributed by atoms with Crippen LogP contribution in [0.15, 0.2) is 66.9 Å². The number of benzene rings is 2. The lowest BCUT2D eigenvalue weighted by molar-refractivity contribution is -0.305. The Labute approximate surface area is 186 Å². The van der Waals surface area contributed by atoms with Crippen LogP contribution in [0.3, 0.4) is 0 Å². The lowest BCUT2D eigenvalue weighted by Gasteiger charge is -2.07. The third-order valence-corrected chi connectivity index (χ3v) is 5.71. The fourth-order valence-corrected chi connectivity index (χ4v) is 3.79. The third-order valence-electron chi connectivity index (χ3n) is 5.71. The molecule has 0 saturated carbocycles. The van der Waals surface area contributed by atoms with Crippen LogP contribution in [-0.2, 0) is 17.6 Å². The fourth-order valence-electron chi connectivity index (χ4n) is 3.79. The summed E-state index contributed by atoms with van der Waals surface area (Å²) in [6.45, 7) is 2.23. The number of carbonyl (C=O) groups excluding carboxylic acids is 1. The van der Waals surface area contributed by atoms with Crippen molar-refractivity contribution in [1.29, 1.82) is 0 Å². The molecule has 0 spiro atoms. The van der Waals surface area contributed by atoms with Gasteiger partial charge in [0.05, 0.1) is 5.69 Å². The van der Waals surface area contributed by atoms with E-state index in [0.29, 0.717) is 6.42 Å². The molecule has 3 aromatic rings. The van der Waals surface area contributed by atoms with Crippen LogP contribution in [0.25, 0.3) is 22.4 Å². The Morgan fingerprint density at radius 2 is 1.29 bits per heavy atom. The fraction of sp³-hybridized carbons (Fsp3) is 0.357. The normalized spacial score (nSPS) is 10.9. The molecule has 0 bridgehead atoms. The second-order valence-corrected chi connectivity index (χ2v) is 8.22. The van der Waals surface area contributed by atoms with Crippen LogP contribution in [-0.4, -0.2) is 11.0 Å². The van der Waals surface area contributed by atoms with Crippen molar-refractivity contribution in [2.75, 3.05) is 0 Å². The van der Waals surface area contributed by atoms with E-state index in [0.717, 1.165) is 36.9 Å². The smallest absolute Gasteiger partial charge is 0.0702 e. The number of carboxylic acids is 1. The van der Waals surface area contributed by atoms with E-state index in [2.05, 4.69) is 72.6 Å². The maximum absolute atomic E-state index is 10.4. The standard InChI is InChI=1S/C28H33NO2/c1-2-3-5-9-23-13-20-27(29-21-23)26-18-16-25(17-19-26)24-14-11-22(12-15-24)8-6-4-7-10-28(30)31/h11-21H,2-10H2,1H3,(H,30,31)/p-1. The summed E-state index contributed by atoms with van der Waals surface area (Å²) in [6, 6.07) is 21.6. The van der Waals surface area contributed by atoms with Gasteiger partial charge in [0.1, 0.15) is 0 Å². The van der Waals surface area contributed by atoms with E-state index in [4.69, 9.17) is 0 Å². The maximum Gasteiger partial charge on any atom is 0.0702 e. The van der Waals surface area contributed by atoms with Gasteiger partial charge < -0.3 is 9.90 Å². The topological polar surface area (TPSA) is 53.0 Å². The number of aromatic nitrogens is 1. The number of carboxylic acid groups (broad SMARTS) is 1. The molecule has 2 aromatic carbocycles. The molecule has 1 aromatic heterocycles. The highest BCUT2D eigenvalue weighted by Gasteiger charge is 2.03. The lowest BCUT2D eigenvalue weighted by atomic mass is 9.99. The van der Waals surface area contributed by atoms with E-state index in [-0.39, 0.29) is 6.42 Å². The number of hydrogen-bond donors (Lipinski definition) is 0. The van der Waals surface area contributed by atoms with Crippen molar-refractivity contribution in [2.24, 2.45) is 0 Å². The first-order chi connectivity index (χ1) is 15.2. The van der Waals surface area contributed by atoms with Gasteiger partial charge in [-0.05, 0) is 66.8 Å². The first kappa shape index (κ1) is 22.7. The van der Waals surface area contributed by atoms with E-state index < -0.39 is 5.97 Å². The molecule has 0 amide bonds. The molecular weight excluding hydrogens is 382 g/mol. The van der Waals surface area contributed by atoms with Gasteiger partial charge in [0.2, 0.25) is 0 Å². The first-order valence-electron chi connectivity index (χ1n) is 11.5. The number of carbonyl (C=O) groups is 1. The molecule has 0 fully saturated rings. The Balaban J connectivity index is 1.54. The van der Waals surface area contributed by atoms with E-state index >= 15 is 0 Å². The van der Waals surface area contributed by atoms with E-state index in [9.17, 15) is 9.90 Å². The van der Waals surface area contributed by atoms with Crippen molar-refractivity contribution in [2.45, 2.75) is 64.7 Å². The molecule has 1 heterocycles. The van der Waals surface area contributed by atoms with Crippen LogP contribution in [0.4, 0.5) is 0 Å². The molecule has 0 unspecified atom stereocenters. The number of pyridine rings is 1. The van der Waals surface area contributed by atoms with Crippen molar-refractivity contribution < 1.29 is 9.90 Å². The zero-order valence-electron chi connectivity index (χ0n) is 18.5. The molecule has 0 atom stereocenters. The highest BCUT2D eigenvalue weighted by molar-refractivity contribution is 5.69. The van der Waals surface area contributed by atoms with Crippen molar-refractivity contribution >= 4 is 5.97 Å². The zero-order valence-corrected chi connectivity index (χ0v) is 18.5. The monoisotopic (exact) mass is 414 g/mol. The molecule has 0 aliphatic heterocycles. The second kappa shape index (κ2) is 12.0. The van der Waals surface area contributed by atoms with Gasteiger partial charge in [-0.1, -0.05) is 80.8 Å². The van der Waals surface area contributed by atoms with Gasteiger partial charge in [-0.25, -0.2) is 0 Å². The second-order valence-electron chi connectivity index (χ2n) is 8.22. The highest BCUT2D eigenvalue weighted by Crippen LogP contribution is 2.25. The summed E-state index contributed by atoms with van der Waals surface area (Å²) in [5.74, 6) is -0.953. The molecule has 0 N–H and O–H groups in total. The number of rotatable bonds is 12. The summed E-state index contributed by atoms with van der Waals surface area (Å²) < 4.78 is 0. The van der Waals surface area contributed by atoms with Gasteiger partial charge in [0, 0.05) is 17.7 Å². The molecule has 0 saturated heterocycles. The predicted octanol–water partition coefficient (Wildman–Crippen LogP) is 6.00. The molecule has 3 nitrogen and oxygen atoms in total. The molecule has 0 aliphatic rings. The summed E-state index contributed by atoms with van der Waals surface area (Å²) >= 11 is 0. The van der Waals surface area contributed by atoms with Crippen LogP contribution in [0.1, 0.15) is 63.0 Å². The predicted molar refractivity (Wildman–Crippen MR) is 126 cm³/mol. The van der Waals surface area contributed by atoms with E-state index in [1.807, 2.05) is 6.20 Å². The zero-order chi connectivity index (χ0) is 21.9. The van der Waals surface area contributed by atoms with Crippen LogP contribution in [0.2, 0.25) is 0 Å². The van der Waals surface area contributed by atoms with Gasteiger partial charge in [0.15, 0.2) is 0 Å². The van der Waals surface area contributed by atoms with Gasteiger partial charge in [-0.15, -0.1) is 0 Å². The molecule has 162 valence electrons. The highest BCUT2D eigenvalue weighted by atomic mass is 16.4. The van der Waals surface area contributed by atoms with Crippen LogP contribution in [0, 0.1) is 0 Å². The minimum Gasteiger partial charge on any atom is -0.550 e. The Morgan fingerprint density at radius 1 is 0.710 bits per heavy atom. The number of hydrogen-bond acceptors (Lipinski definition) is 3. The summed E-state index contributed by atoms with van der Waals surface area (Å²) in [5.41, 5.74) is 7.15.